The molecule has 3 N–H and O–H groups in total. The average Bonchev–Trinajstić information content (AvgIpc) is 3.03. The van der Waals surface area contributed by atoms with Gasteiger partial charge in [0.05, 0.1) is 6.54 Å². The Kier molecular flexibility index (Phi) is 3.09. The van der Waals surface area contributed by atoms with Crippen LogP contribution in [0.15, 0.2) is 0 Å². The summed E-state index contributed by atoms with van der Waals surface area (Å²) in [6, 6.07) is 1.95. The van der Waals surface area contributed by atoms with Gasteiger partial charge in [0.1, 0.15) is 0 Å². The maximum Gasteiger partial charge on any atom is 0.234 e. The van der Waals surface area contributed by atoms with Crippen LogP contribution in [0.25, 0.3) is 0 Å². The molecule has 2 saturated heterocycles. The van der Waals surface area contributed by atoms with Gasteiger partial charge in [-0.05, 0) is 38.5 Å². The lowest BCUT2D eigenvalue weighted by atomic mass is 9.82. The molecule has 3 rings (SSSR count). The molecular formula is C13H23N3O. The molecule has 2 aliphatic heterocycles. The molecule has 1 aliphatic carbocycles. The van der Waals surface area contributed by atoms with Crippen LogP contribution < -0.4 is 11.1 Å². The number of hydrogen-bond acceptors (Lipinski definition) is 3. The number of piperidine rings is 2. The molecule has 96 valence electrons. The van der Waals surface area contributed by atoms with Crippen molar-refractivity contribution in [3.05, 3.63) is 0 Å². The third-order valence-electron chi connectivity index (χ3n) is 4.43. The fraction of sp³-hybridized carbons (Fsp3) is 0.923. The second kappa shape index (κ2) is 4.58. The van der Waals surface area contributed by atoms with Gasteiger partial charge in [0.15, 0.2) is 0 Å². The lowest BCUT2D eigenvalue weighted by Crippen LogP contribution is -2.57. The highest BCUT2D eigenvalue weighted by molar-refractivity contribution is 5.78. The van der Waals surface area contributed by atoms with Gasteiger partial charge < -0.3 is 11.1 Å². The highest BCUT2D eigenvalue weighted by Gasteiger charge is 2.38. The van der Waals surface area contributed by atoms with Crippen LogP contribution in [0.3, 0.4) is 0 Å². The fourth-order valence-electron chi connectivity index (χ4n) is 3.45. The predicted molar refractivity (Wildman–Crippen MR) is 66.5 cm³/mol. The summed E-state index contributed by atoms with van der Waals surface area (Å²) >= 11 is 0. The Morgan fingerprint density at radius 1 is 1.18 bits per heavy atom. The summed E-state index contributed by atoms with van der Waals surface area (Å²) in [6.07, 6.45) is 8.25. The Hall–Kier alpha value is -0.610. The Bertz CT molecular complexity index is 289. The van der Waals surface area contributed by atoms with E-state index in [0.29, 0.717) is 30.7 Å². The van der Waals surface area contributed by atoms with Crippen LogP contribution in [-0.2, 0) is 4.79 Å². The van der Waals surface area contributed by atoms with E-state index >= 15 is 0 Å². The van der Waals surface area contributed by atoms with Crippen molar-refractivity contribution < 1.29 is 4.79 Å². The zero-order valence-corrected chi connectivity index (χ0v) is 10.4. The second-order valence-electron chi connectivity index (χ2n) is 5.98. The highest BCUT2D eigenvalue weighted by atomic mass is 16.2. The highest BCUT2D eigenvalue weighted by Crippen LogP contribution is 2.33. The van der Waals surface area contributed by atoms with Crippen molar-refractivity contribution in [2.75, 3.05) is 6.54 Å². The molecule has 2 heterocycles. The fourth-order valence-corrected chi connectivity index (χ4v) is 3.45. The number of amides is 1. The second-order valence-corrected chi connectivity index (χ2v) is 5.98. The zero-order valence-electron chi connectivity index (χ0n) is 10.4. The van der Waals surface area contributed by atoms with Crippen LogP contribution >= 0.6 is 0 Å². The SMILES string of the molecule is NC1CC2CCCC(C1)N2CC(=O)NC1CC1. The van der Waals surface area contributed by atoms with E-state index in [2.05, 4.69) is 10.2 Å². The van der Waals surface area contributed by atoms with Crippen molar-refractivity contribution >= 4 is 5.91 Å². The minimum atomic E-state index is 0.222. The standard InChI is InChI=1S/C13H23N3O/c14-9-6-11-2-1-3-12(7-9)16(11)8-13(17)15-10-4-5-10/h9-12H,1-8,14H2,(H,15,17). The van der Waals surface area contributed by atoms with Crippen molar-refractivity contribution in [1.29, 1.82) is 0 Å². The van der Waals surface area contributed by atoms with Crippen LogP contribution in [-0.4, -0.2) is 41.5 Å². The van der Waals surface area contributed by atoms with E-state index < -0.39 is 0 Å². The van der Waals surface area contributed by atoms with Gasteiger partial charge in [-0.2, -0.15) is 0 Å². The van der Waals surface area contributed by atoms with Crippen molar-refractivity contribution in [2.24, 2.45) is 5.73 Å². The third kappa shape index (κ3) is 2.63. The summed E-state index contributed by atoms with van der Waals surface area (Å²) < 4.78 is 0. The minimum absolute atomic E-state index is 0.222. The molecule has 0 aromatic heterocycles. The van der Waals surface area contributed by atoms with Crippen LogP contribution in [0.5, 0.6) is 0 Å². The monoisotopic (exact) mass is 237 g/mol. The summed E-state index contributed by atoms with van der Waals surface area (Å²) in [5.74, 6) is 0.222. The summed E-state index contributed by atoms with van der Waals surface area (Å²) in [4.78, 5) is 14.3. The van der Waals surface area contributed by atoms with Crippen molar-refractivity contribution in [2.45, 2.75) is 69.1 Å². The molecule has 1 saturated carbocycles. The van der Waals surface area contributed by atoms with Crippen LogP contribution in [0.4, 0.5) is 0 Å². The van der Waals surface area contributed by atoms with Crippen molar-refractivity contribution in [1.82, 2.24) is 10.2 Å². The molecule has 2 unspecified atom stereocenters. The van der Waals surface area contributed by atoms with Gasteiger partial charge in [-0.15, -0.1) is 0 Å². The number of rotatable bonds is 3. The molecule has 3 aliphatic rings. The van der Waals surface area contributed by atoms with E-state index in [9.17, 15) is 4.79 Å². The third-order valence-corrected chi connectivity index (χ3v) is 4.43. The molecular weight excluding hydrogens is 214 g/mol. The van der Waals surface area contributed by atoms with Gasteiger partial charge in [-0.1, -0.05) is 6.42 Å². The average molecular weight is 237 g/mol. The smallest absolute Gasteiger partial charge is 0.234 e. The van der Waals surface area contributed by atoms with E-state index in [1.807, 2.05) is 0 Å². The largest absolute Gasteiger partial charge is 0.352 e. The van der Waals surface area contributed by atoms with E-state index in [1.165, 1.54) is 32.1 Å². The number of hydrogen-bond donors (Lipinski definition) is 2. The first-order valence-electron chi connectivity index (χ1n) is 7.03. The Labute approximate surface area is 103 Å². The maximum atomic E-state index is 11.9. The van der Waals surface area contributed by atoms with E-state index in [-0.39, 0.29) is 5.91 Å². The first-order chi connectivity index (χ1) is 8.22. The van der Waals surface area contributed by atoms with Crippen LogP contribution in [0, 0.1) is 0 Å². The van der Waals surface area contributed by atoms with Gasteiger partial charge in [0.2, 0.25) is 5.91 Å². The molecule has 0 radical (unpaired) electrons. The maximum absolute atomic E-state index is 11.9. The number of fused-ring (bicyclic) bond motifs is 2. The van der Waals surface area contributed by atoms with Crippen molar-refractivity contribution in [3.8, 4) is 0 Å². The first-order valence-corrected chi connectivity index (χ1v) is 7.03. The van der Waals surface area contributed by atoms with Gasteiger partial charge in [0.25, 0.3) is 0 Å². The number of nitrogens with one attached hydrogen (secondary N) is 1. The minimum Gasteiger partial charge on any atom is -0.352 e. The number of carbonyl (C=O) groups excluding carboxylic acids is 1. The van der Waals surface area contributed by atoms with Crippen molar-refractivity contribution in [3.63, 3.8) is 0 Å². The molecule has 17 heavy (non-hydrogen) atoms. The quantitative estimate of drug-likeness (QED) is 0.756. The lowest BCUT2D eigenvalue weighted by molar-refractivity contribution is -0.125. The molecule has 3 fully saturated rings. The van der Waals surface area contributed by atoms with Crippen LogP contribution in [0.2, 0.25) is 0 Å². The molecule has 4 heteroatoms. The van der Waals surface area contributed by atoms with Gasteiger partial charge in [-0.25, -0.2) is 0 Å². The molecule has 0 aromatic carbocycles. The molecule has 2 atom stereocenters. The molecule has 0 spiro atoms. The van der Waals surface area contributed by atoms with E-state index in [4.69, 9.17) is 5.73 Å². The Morgan fingerprint density at radius 2 is 1.82 bits per heavy atom. The Balaban J connectivity index is 1.59. The number of nitrogens with two attached hydrogens (primary N) is 1. The zero-order chi connectivity index (χ0) is 11.8. The Morgan fingerprint density at radius 3 is 2.41 bits per heavy atom. The summed E-state index contributed by atoms with van der Waals surface area (Å²) in [5, 5.41) is 3.09. The normalized spacial score (nSPS) is 37.8. The number of nitrogens with zero attached hydrogens (tertiary/aromatic N) is 1. The summed E-state index contributed by atoms with van der Waals surface area (Å²) in [7, 11) is 0. The topological polar surface area (TPSA) is 58.4 Å². The van der Waals surface area contributed by atoms with E-state index in [0.717, 1.165) is 12.8 Å². The predicted octanol–water partition coefficient (Wildman–Crippen LogP) is 0.609. The van der Waals surface area contributed by atoms with Gasteiger partial charge >= 0.3 is 0 Å². The lowest BCUT2D eigenvalue weighted by Gasteiger charge is -2.47. The molecule has 4 nitrogen and oxygen atoms in total. The molecule has 2 bridgehead atoms. The summed E-state index contributed by atoms with van der Waals surface area (Å²) in [6.45, 7) is 0.596. The first kappa shape index (κ1) is 11.5. The summed E-state index contributed by atoms with van der Waals surface area (Å²) in [5.41, 5.74) is 6.08. The molecule has 1 amide bonds. The molecule has 0 aromatic rings. The van der Waals surface area contributed by atoms with Gasteiger partial charge in [0, 0.05) is 24.2 Å². The van der Waals surface area contributed by atoms with E-state index in [1.54, 1.807) is 0 Å². The van der Waals surface area contributed by atoms with Gasteiger partial charge in [-0.3, -0.25) is 9.69 Å². The number of carbonyl (C=O) groups is 1. The van der Waals surface area contributed by atoms with Crippen LogP contribution in [0.1, 0.15) is 44.9 Å².